The molecule has 3 heterocycles. The average molecular weight is 409 g/mol. The van der Waals surface area contributed by atoms with Crippen LogP contribution in [0.4, 0.5) is 0 Å². The molecule has 1 aliphatic heterocycles. The number of hydrogen-bond donors (Lipinski definition) is 1. The van der Waals surface area contributed by atoms with Gasteiger partial charge >= 0.3 is 0 Å². The highest BCUT2D eigenvalue weighted by atomic mass is 32.1. The first-order chi connectivity index (χ1) is 14.2. The molecule has 7 heteroatoms. The van der Waals surface area contributed by atoms with Crippen LogP contribution in [0, 0.1) is 0 Å². The molecule has 1 fully saturated rings. The monoisotopic (exact) mass is 408 g/mol. The van der Waals surface area contributed by atoms with Crippen LogP contribution >= 0.6 is 11.3 Å². The summed E-state index contributed by atoms with van der Waals surface area (Å²) in [5.41, 5.74) is 1.69. The minimum atomic E-state index is -0.0597. The van der Waals surface area contributed by atoms with Crippen molar-refractivity contribution in [3.63, 3.8) is 0 Å². The van der Waals surface area contributed by atoms with Crippen molar-refractivity contribution in [2.24, 2.45) is 0 Å². The van der Waals surface area contributed by atoms with Crippen LogP contribution in [0.15, 0.2) is 66.3 Å². The van der Waals surface area contributed by atoms with Gasteiger partial charge < -0.3 is 14.8 Å². The van der Waals surface area contributed by atoms with Crippen LogP contribution in [-0.4, -0.2) is 65.4 Å². The maximum Gasteiger partial charge on any atom is 0.264 e. The third-order valence-electron chi connectivity index (χ3n) is 5.14. The maximum absolute atomic E-state index is 12.4. The molecule has 0 spiro atoms. The molecule has 0 bridgehead atoms. The van der Waals surface area contributed by atoms with E-state index in [1.165, 1.54) is 11.3 Å². The quantitative estimate of drug-likeness (QED) is 0.682. The van der Waals surface area contributed by atoms with Gasteiger partial charge in [-0.2, -0.15) is 0 Å². The second-order valence-electron chi connectivity index (χ2n) is 7.00. The molecule has 2 aromatic heterocycles. The molecule has 4 rings (SSSR count). The van der Waals surface area contributed by atoms with E-state index in [1.54, 1.807) is 0 Å². The summed E-state index contributed by atoms with van der Waals surface area (Å²) in [7, 11) is 0. The number of carbonyl (C=O) groups excluding carboxylic acids is 2. The summed E-state index contributed by atoms with van der Waals surface area (Å²) in [4.78, 5) is 29.7. The van der Waals surface area contributed by atoms with E-state index in [4.69, 9.17) is 0 Å². The number of aromatic nitrogens is 1. The Labute approximate surface area is 174 Å². The van der Waals surface area contributed by atoms with Gasteiger partial charge in [-0.05, 0) is 47.8 Å². The summed E-state index contributed by atoms with van der Waals surface area (Å²) in [6.07, 6.45) is 3.95. The zero-order valence-corrected chi connectivity index (χ0v) is 17.0. The van der Waals surface area contributed by atoms with E-state index in [1.807, 2.05) is 75.8 Å². The molecule has 0 unspecified atom stereocenters. The van der Waals surface area contributed by atoms with Gasteiger partial charge in [-0.3, -0.25) is 14.5 Å². The van der Waals surface area contributed by atoms with Gasteiger partial charge in [0.15, 0.2) is 0 Å². The number of thiophene rings is 1. The van der Waals surface area contributed by atoms with E-state index in [-0.39, 0.29) is 11.8 Å². The molecule has 2 amide bonds. The van der Waals surface area contributed by atoms with Crippen molar-refractivity contribution >= 4 is 23.2 Å². The molecule has 29 heavy (non-hydrogen) atoms. The van der Waals surface area contributed by atoms with E-state index < -0.39 is 0 Å². The molecule has 0 radical (unpaired) electrons. The normalized spacial score (nSPS) is 14.7. The molecule has 1 N–H and O–H groups in total. The topological polar surface area (TPSA) is 57.6 Å². The van der Waals surface area contributed by atoms with Crippen LogP contribution in [0.1, 0.15) is 20.0 Å². The van der Waals surface area contributed by atoms with E-state index in [0.717, 1.165) is 43.3 Å². The highest BCUT2D eigenvalue weighted by Gasteiger charge is 2.22. The summed E-state index contributed by atoms with van der Waals surface area (Å²) < 4.78 is 2.00. The number of nitrogens with zero attached hydrogens (tertiary/aromatic N) is 3. The van der Waals surface area contributed by atoms with Crippen molar-refractivity contribution in [2.75, 3.05) is 39.3 Å². The first kappa shape index (κ1) is 19.4. The molecule has 1 aliphatic rings. The van der Waals surface area contributed by atoms with Crippen molar-refractivity contribution in [3.05, 3.63) is 76.7 Å². The Morgan fingerprint density at radius 3 is 2.31 bits per heavy atom. The van der Waals surface area contributed by atoms with Crippen molar-refractivity contribution in [1.82, 2.24) is 19.7 Å². The van der Waals surface area contributed by atoms with Gasteiger partial charge in [0.2, 0.25) is 0 Å². The van der Waals surface area contributed by atoms with Crippen LogP contribution in [0.3, 0.4) is 0 Å². The van der Waals surface area contributed by atoms with Crippen molar-refractivity contribution in [1.29, 1.82) is 0 Å². The van der Waals surface area contributed by atoms with Gasteiger partial charge in [0.25, 0.3) is 11.8 Å². The summed E-state index contributed by atoms with van der Waals surface area (Å²) in [5, 5.41) is 4.92. The highest BCUT2D eigenvalue weighted by molar-refractivity contribution is 7.12. The van der Waals surface area contributed by atoms with Crippen LogP contribution in [0.2, 0.25) is 0 Å². The molecular weight excluding hydrogens is 384 g/mol. The zero-order valence-electron chi connectivity index (χ0n) is 16.2. The second-order valence-corrected chi connectivity index (χ2v) is 7.95. The largest absolute Gasteiger partial charge is 0.351 e. The number of piperazine rings is 1. The first-order valence-corrected chi connectivity index (χ1v) is 10.7. The fourth-order valence-corrected chi connectivity index (χ4v) is 4.14. The number of nitrogens with one attached hydrogen (secondary N) is 1. The molecule has 0 atom stereocenters. The van der Waals surface area contributed by atoms with E-state index >= 15 is 0 Å². The Kier molecular flexibility index (Phi) is 6.07. The Hall–Kier alpha value is -2.90. The molecule has 1 aromatic carbocycles. The lowest BCUT2D eigenvalue weighted by Gasteiger charge is -2.34. The summed E-state index contributed by atoms with van der Waals surface area (Å²) in [5.74, 6) is 0.0619. The molecule has 150 valence electrons. The molecule has 1 saturated heterocycles. The third-order valence-corrected chi connectivity index (χ3v) is 5.99. The Bertz CT molecular complexity index is 928. The predicted molar refractivity (Wildman–Crippen MR) is 115 cm³/mol. The van der Waals surface area contributed by atoms with Gasteiger partial charge in [0.1, 0.15) is 0 Å². The molecule has 6 nitrogen and oxygen atoms in total. The molecule has 3 aromatic rings. The van der Waals surface area contributed by atoms with Gasteiger partial charge in [-0.1, -0.05) is 6.07 Å². The first-order valence-electron chi connectivity index (χ1n) is 9.77. The fraction of sp³-hybridized carbons (Fsp3) is 0.273. The van der Waals surface area contributed by atoms with Crippen molar-refractivity contribution < 1.29 is 9.59 Å². The number of amides is 2. The highest BCUT2D eigenvalue weighted by Crippen LogP contribution is 2.14. The lowest BCUT2D eigenvalue weighted by molar-refractivity contribution is 0.0643. The summed E-state index contributed by atoms with van der Waals surface area (Å²) in [6, 6.07) is 15.3. The van der Waals surface area contributed by atoms with Gasteiger partial charge in [-0.25, -0.2) is 0 Å². The van der Waals surface area contributed by atoms with Gasteiger partial charge in [0.05, 0.1) is 4.88 Å². The lowest BCUT2D eigenvalue weighted by atomic mass is 10.2. The van der Waals surface area contributed by atoms with Crippen LogP contribution < -0.4 is 5.32 Å². The minimum absolute atomic E-state index is 0.0597. The second kappa shape index (κ2) is 9.07. The number of benzene rings is 1. The van der Waals surface area contributed by atoms with Gasteiger partial charge in [-0.15, -0.1) is 11.3 Å². The van der Waals surface area contributed by atoms with Crippen LogP contribution in [0.25, 0.3) is 5.69 Å². The lowest BCUT2D eigenvalue weighted by Crippen LogP contribution is -2.50. The van der Waals surface area contributed by atoms with Crippen molar-refractivity contribution in [2.45, 2.75) is 0 Å². The molecular formula is C22H24N4O2S. The number of hydrogen-bond acceptors (Lipinski definition) is 4. The van der Waals surface area contributed by atoms with Crippen LogP contribution in [-0.2, 0) is 0 Å². The fourth-order valence-electron chi connectivity index (χ4n) is 3.45. The predicted octanol–water partition coefficient (Wildman–Crippen LogP) is 2.73. The zero-order chi connectivity index (χ0) is 20.1. The van der Waals surface area contributed by atoms with E-state index in [2.05, 4.69) is 10.2 Å². The van der Waals surface area contributed by atoms with Crippen molar-refractivity contribution in [3.8, 4) is 5.69 Å². The minimum Gasteiger partial charge on any atom is -0.351 e. The Morgan fingerprint density at radius 2 is 1.66 bits per heavy atom. The third kappa shape index (κ3) is 4.75. The number of rotatable bonds is 6. The maximum atomic E-state index is 12.4. The smallest absolute Gasteiger partial charge is 0.264 e. The van der Waals surface area contributed by atoms with Gasteiger partial charge in [0, 0.05) is 62.9 Å². The number of carbonyl (C=O) groups is 2. The standard InChI is InChI=1S/C22H24N4O2S/c27-21(18-5-7-19(8-6-18)25-10-1-2-11-25)23-9-12-24-13-15-26(16-14-24)22(28)20-4-3-17-29-20/h1-8,10-11,17H,9,12-16H2,(H,23,27). The van der Waals surface area contributed by atoms with E-state index in [9.17, 15) is 9.59 Å². The van der Waals surface area contributed by atoms with E-state index in [0.29, 0.717) is 12.1 Å². The molecule has 0 aliphatic carbocycles. The average Bonchev–Trinajstić information content (AvgIpc) is 3.48. The summed E-state index contributed by atoms with van der Waals surface area (Å²) in [6.45, 7) is 4.50. The summed E-state index contributed by atoms with van der Waals surface area (Å²) >= 11 is 1.49. The van der Waals surface area contributed by atoms with Crippen LogP contribution in [0.5, 0.6) is 0 Å². The SMILES string of the molecule is O=C(NCCN1CCN(C(=O)c2cccs2)CC1)c1ccc(-n2cccc2)cc1. The molecule has 0 saturated carbocycles. The Balaban J connectivity index is 1.20. The Morgan fingerprint density at radius 1 is 0.931 bits per heavy atom.